The number of anilines is 1. The van der Waals surface area contributed by atoms with Gasteiger partial charge in [0.25, 0.3) is 0 Å². The Labute approximate surface area is 188 Å². The highest BCUT2D eigenvalue weighted by molar-refractivity contribution is 6.32. The van der Waals surface area contributed by atoms with Gasteiger partial charge in [-0.2, -0.15) is 5.10 Å². The standard InChI is InChI=1S/C23H17Cl2FN4O/c1-30-22(28-23(31)20(25)15-5-3-2-4-6-15)19(14-9-11-27-12-10-14)21(29-30)16-7-8-18(26)17(24)13-16/h2-13,20H,1H3,(H,28,31). The lowest BCUT2D eigenvalue weighted by molar-refractivity contribution is -0.116. The third-order valence-corrected chi connectivity index (χ3v) is 5.51. The molecule has 0 bridgehead atoms. The molecule has 2 aromatic carbocycles. The van der Waals surface area contributed by atoms with Crippen molar-refractivity contribution >= 4 is 34.9 Å². The number of carbonyl (C=O) groups is 1. The van der Waals surface area contributed by atoms with Crippen molar-refractivity contribution < 1.29 is 9.18 Å². The molecule has 0 spiro atoms. The number of carbonyl (C=O) groups excluding carboxylic acids is 1. The molecule has 5 nitrogen and oxygen atoms in total. The molecule has 4 rings (SSSR count). The first-order valence-corrected chi connectivity index (χ1v) is 10.2. The average Bonchev–Trinajstić information content (AvgIpc) is 3.12. The summed E-state index contributed by atoms with van der Waals surface area (Å²) in [5.41, 5.74) is 3.26. The van der Waals surface area contributed by atoms with E-state index in [4.69, 9.17) is 23.2 Å². The molecule has 0 saturated carbocycles. The van der Waals surface area contributed by atoms with E-state index in [0.29, 0.717) is 28.2 Å². The van der Waals surface area contributed by atoms with Crippen molar-refractivity contribution in [1.29, 1.82) is 0 Å². The monoisotopic (exact) mass is 454 g/mol. The Hall–Kier alpha value is -3.22. The van der Waals surface area contributed by atoms with Gasteiger partial charge >= 0.3 is 0 Å². The fourth-order valence-corrected chi connectivity index (χ4v) is 3.64. The van der Waals surface area contributed by atoms with E-state index in [-0.39, 0.29) is 5.02 Å². The Kier molecular flexibility index (Phi) is 6.02. The van der Waals surface area contributed by atoms with Gasteiger partial charge < -0.3 is 5.32 Å². The number of halogens is 3. The topological polar surface area (TPSA) is 59.8 Å². The maximum Gasteiger partial charge on any atom is 0.248 e. The lowest BCUT2D eigenvalue weighted by atomic mass is 10.0. The summed E-state index contributed by atoms with van der Waals surface area (Å²) in [4.78, 5) is 17.0. The zero-order valence-corrected chi connectivity index (χ0v) is 17.9. The van der Waals surface area contributed by atoms with E-state index in [9.17, 15) is 9.18 Å². The molecule has 8 heteroatoms. The van der Waals surface area contributed by atoms with E-state index in [2.05, 4.69) is 15.4 Å². The minimum absolute atomic E-state index is 0.0145. The number of nitrogens with zero attached hydrogens (tertiary/aromatic N) is 3. The highest BCUT2D eigenvalue weighted by Crippen LogP contribution is 2.38. The van der Waals surface area contributed by atoms with Crippen molar-refractivity contribution in [2.45, 2.75) is 5.38 Å². The van der Waals surface area contributed by atoms with Crippen LogP contribution in [0.2, 0.25) is 5.02 Å². The van der Waals surface area contributed by atoms with Crippen molar-refractivity contribution in [3.8, 4) is 22.4 Å². The van der Waals surface area contributed by atoms with Crippen LogP contribution in [0.15, 0.2) is 73.1 Å². The minimum atomic E-state index is -0.884. The largest absolute Gasteiger partial charge is 0.309 e. The van der Waals surface area contributed by atoms with Crippen LogP contribution >= 0.6 is 23.2 Å². The predicted molar refractivity (Wildman–Crippen MR) is 121 cm³/mol. The van der Waals surface area contributed by atoms with Crippen LogP contribution in [0.25, 0.3) is 22.4 Å². The molecule has 0 saturated heterocycles. The molecule has 1 amide bonds. The van der Waals surface area contributed by atoms with E-state index in [1.54, 1.807) is 54.5 Å². The second-order valence-corrected chi connectivity index (χ2v) is 7.67. The summed E-state index contributed by atoms with van der Waals surface area (Å²) in [6.45, 7) is 0. The van der Waals surface area contributed by atoms with Gasteiger partial charge in [-0.05, 0) is 41.5 Å². The maximum atomic E-state index is 13.7. The summed E-state index contributed by atoms with van der Waals surface area (Å²) < 4.78 is 15.3. The third-order valence-electron chi connectivity index (χ3n) is 4.77. The van der Waals surface area contributed by atoms with Gasteiger partial charge in [-0.1, -0.05) is 41.9 Å². The van der Waals surface area contributed by atoms with E-state index in [1.807, 2.05) is 18.2 Å². The number of rotatable bonds is 5. The van der Waals surface area contributed by atoms with Crippen molar-refractivity contribution in [2.75, 3.05) is 5.32 Å². The van der Waals surface area contributed by atoms with Gasteiger partial charge in [0.2, 0.25) is 5.91 Å². The van der Waals surface area contributed by atoms with E-state index >= 15 is 0 Å². The summed E-state index contributed by atoms with van der Waals surface area (Å²) in [7, 11) is 1.71. The van der Waals surface area contributed by atoms with Crippen molar-refractivity contribution in [2.24, 2.45) is 7.05 Å². The first-order valence-electron chi connectivity index (χ1n) is 9.38. The fraction of sp³-hybridized carbons (Fsp3) is 0.0870. The zero-order chi connectivity index (χ0) is 22.0. The molecule has 1 atom stereocenters. The summed E-state index contributed by atoms with van der Waals surface area (Å²) >= 11 is 12.4. The Morgan fingerprint density at radius 1 is 1.06 bits per heavy atom. The summed E-state index contributed by atoms with van der Waals surface area (Å²) in [5.74, 6) is -0.462. The molecule has 0 radical (unpaired) electrons. The molecule has 156 valence electrons. The maximum absolute atomic E-state index is 13.7. The van der Waals surface area contributed by atoms with Gasteiger partial charge in [0.15, 0.2) is 0 Å². The number of aromatic nitrogens is 3. The number of alkyl halides is 1. The van der Waals surface area contributed by atoms with Crippen LogP contribution in [0.3, 0.4) is 0 Å². The molecule has 2 aromatic heterocycles. The van der Waals surface area contributed by atoms with Gasteiger partial charge in [0.05, 0.1) is 10.6 Å². The molecule has 0 aliphatic rings. The van der Waals surface area contributed by atoms with Crippen LogP contribution < -0.4 is 5.32 Å². The molecule has 0 fully saturated rings. The number of hydrogen-bond acceptors (Lipinski definition) is 3. The van der Waals surface area contributed by atoms with Gasteiger partial charge in [0.1, 0.15) is 22.7 Å². The Bertz CT molecular complexity index is 1230. The molecule has 1 unspecified atom stereocenters. The molecule has 31 heavy (non-hydrogen) atoms. The molecule has 2 heterocycles. The summed E-state index contributed by atoms with van der Waals surface area (Å²) in [6, 6.07) is 17.1. The number of pyridine rings is 1. The number of amides is 1. The van der Waals surface area contributed by atoms with Crippen LogP contribution in [0.1, 0.15) is 10.9 Å². The minimum Gasteiger partial charge on any atom is -0.309 e. The predicted octanol–water partition coefficient (Wildman–Crippen LogP) is 5.86. The van der Waals surface area contributed by atoms with E-state index < -0.39 is 17.1 Å². The van der Waals surface area contributed by atoms with Crippen molar-refractivity contribution in [1.82, 2.24) is 14.8 Å². The molecule has 0 aliphatic carbocycles. The quantitative estimate of drug-likeness (QED) is 0.384. The lowest BCUT2D eigenvalue weighted by Crippen LogP contribution is -2.19. The highest BCUT2D eigenvalue weighted by atomic mass is 35.5. The normalized spacial score (nSPS) is 11.9. The Balaban J connectivity index is 1.80. The SMILES string of the molecule is Cn1nc(-c2ccc(F)c(Cl)c2)c(-c2ccncc2)c1NC(=O)C(Cl)c1ccccc1. The molecular formula is C23H17Cl2FN4O. The number of hydrogen-bond donors (Lipinski definition) is 1. The highest BCUT2D eigenvalue weighted by Gasteiger charge is 2.24. The molecule has 4 aromatic rings. The Morgan fingerprint density at radius 3 is 2.45 bits per heavy atom. The molecule has 0 aliphatic heterocycles. The van der Waals surface area contributed by atoms with E-state index in [0.717, 1.165) is 5.56 Å². The molecular weight excluding hydrogens is 438 g/mol. The van der Waals surface area contributed by atoms with Crippen LogP contribution in [0.5, 0.6) is 0 Å². The zero-order valence-electron chi connectivity index (χ0n) is 16.4. The first-order chi connectivity index (χ1) is 15.0. The van der Waals surface area contributed by atoms with Gasteiger partial charge in [-0.15, -0.1) is 11.6 Å². The molecule has 1 N–H and O–H groups in total. The van der Waals surface area contributed by atoms with Crippen LogP contribution in [-0.4, -0.2) is 20.7 Å². The lowest BCUT2D eigenvalue weighted by Gasteiger charge is -2.13. The second kappa shape index (κ2) is 8.88. The third kappa shape index (κ3) is 4.31. The second-order valence-electron chi connectivity index (χ2n) is 6.82. The fourth-order valence-electron chi connectivity index (χ4n) is 3.26. The van der Waals surface area contributed by atoms with Gasteiger partial charge in [-0.3, -0.25) is 14.5 Å². The van der Waals surface area contributed by atoms with Crippen LogP contribution in [-0.2, 0) is 11.8 Å². The van der Waals surface area contributed by atoms with Gasteiger partial charge in [-0.25, -0.2) is 4.39 Å². The van der Waals surface area contributed by atoms with Crippen LogP contribution in [0.4, 0.5) is 10.2 Å². The first kappa shape index (κ1) is 21.0. The van der Waals surface area contributed by atoms with Gasteiger partial charge in [0, 0.05) is 25.0 Å². The number of aryl methyl sites for hydroxylation is 1. The van der Waals surface area contributed by atoms with Crippen molar-refractivity contribution in [3.63, 3.8) is 0 Å². The summed E-state index contributed by atoms with van der Waals surface area (Å²) in [6.07, 6.45) is 3.29. The van der Waals surface area contributed by atoms with E-state index in [1.165, 1.54) is 12.1 Å². The van der Waals surface area contributed by atoms with Crippen molar-refractivity contribution in [3.05, 3.63) is 89.5 Å². The summed E-state index contributed by atoms with van der Waals surface area (Å²) in [5, 5.41) is 6.57. The number of benzene rings is 2. The average molecular weight is 455 g/mol. The number of nitrogens with one attached hydrogen (secondary N) is 1. The Morgan fingerprint density at radius 2 is 1.77 bits per heavy atom. The smallest absolute Gasteiger partial charge is 0.248 e. The van der Waals surface area contributed by atoms with Crippen LogP contribution in [0, 0.1) is 5.82 Å².